The van der Waals surface area contributed by atoms with Crippen molar-refractivity contribution in [3.05, 3.63) is 58.6 Å². The third-order valence-corrected chi connectivity index (χ3v) is 7.10. The van der Waals surface area contributed by atoms with E-state index in [4.69, 9.17) is 20.5 Å². The Morgan fingerprint density at radius 1 is 1.20 bits per heavy atom. The lowest BCUT2D eigenvalue weighted by molar-refractivity contribution is -0.139. The number of amides is 1. The van der Waals surface area contributed by atoms with Crippen LogP contribution in [-0.2, 0) is 26.2 Å². The molecule has 0 radical (unpaired) electrons. The lowest BCUT2D eigenvalue weighted by Crippen LogP contribution is -2.40. The number of hydrogen-bond acceptors (Lipinski definition) is 5. The molecule has 3 rings (SSSR count). The Morgan fingerprint density at radius 3 is 2.57 bits per heavy atom. The van der Waals surface area contributed by atoms with Gasteiger partial charge in [-0.3, -0.25) is 4.79 Å². The van der Waals surface area contributed by atoms with E-state index in [0.717, 1.165) is 24.8 Å². The number of hydrogen-bond donors (Lipinski definition) is 0. The Hall–Kier alpha value is -2.09. The minimum atomic E-state index is -4.09. The van der Waals surface area contributed by atoms with Crippen LogP contribution in [0.2, 0.25) is 5.02 Å². The molecular formula is C22H26ClNO5S. The second-order valence-corrected chi connectivity index (χ2v) is 9.34. The molecule has 0 aromatic heterocycles. The molecule has 0 atom stereocenters. The summed E-state index contributed by atoms with van der Waals surface area (Å²) < 4.78 is 36.0. The van der Waals surface area contributed by atoms with E-state index in [0.29, 0.717) is 25.3 Å². The van der Waals surface area contributed by atoms with Crippen molar-refractivity contribution in [2.24, 2.45) is 5.92 Å². The summed E-state index contributed by atoms with van der Waals surface area (Å²) in [4.78, 5) is 14.5. The van der Waals surface area contributed by atoms with Crippen molar-refractivity contribution >= 4 is 27.6 Å². The molecule has 1 amide bonds. The zero-order valence-electron chi connectivity index (χ0n) is 17.1. The quantitative estimate of drug-likeness (QED) is 0.534. The first-order chi connectivity index (χ1) is 14.3. The smallest absolute Gasteiger partial charge is 0.340 e. The van der Waals surface area contributed by atoms with Crippen molar-refractivity contribution < 1.29 is 22.1 Å². The average Bonchev–Trinajstić information content (AvgIpc) is 2.63. The van der Waals surface area contributed by atoms with E-state index in [-0.39, 0.29) is 27.5 Å². The first-order valence-electron chi connectivity index (χ1n) is 9.88. The molecule has 0 spiro atoms. The first-order valence-corrected chi connectivity index (χ1v) is 11.7. The molecule has 2 aromatic carbocycles. The van der Waals surface area contributed by atoms with Crippen LogP contribution in [0.15, 0.2) is 47.4 Å². The number of halogens is 1. The molecule has 162 valence electrons. The lowest BCUT2D eigenvalue weighted by atomic mass is 9.84. The van der Waals surface area contributed by atoms with Crippen molar-refractivity contribution in [1.29, 1.82) is 0 Å². The van der Waals surface area contributed by atoms with Crippen molar-refractivity contribution in [3.63, 3.8) is 0 Å². The highest BCUT2D eigenvalue weighted by Crippen LogP contribution is 2.30. The average molecular weight is 452 g/mol. The third kappa shape index (κ3) is 5.33. The Morgan fingerprint density at radius 2 is 1.93 bits per heavy atom. The molecule has 0 unspecified atom stereocenters. The zero-order valence-corrected chi connectivity index (χ0v) is 18.7. The Bertz CT molecular complexity index is 984. The van der Waals surface area contributed by atoms with E-state index in [2.05, 4.69) is 0 Å². The minimum Gasteiger partial charge on any atom is -0.383 e. The summed E-state index contributed by atoms with van der Waals surface area (Å²) in [6, 6.07) is 11.6. The SMILES string of the molecule is COCCN(Cc1cccc(OS(=O)(=O)c2c(C)cccc2Cl)c1)C(=O)C1CCC1. The summed E-state index contributed by atoms with van der Waals surface area (Å²) in [6.07, 6.45) is 2.92. The van der Waals surface area contributed by atoms with E-state index >= 15 is 0 Å². The number of ether oxygens (including phenoxy) is 1. The summed E-state index contributed by atoms with van der Waals surface area (Å²) in [5.74, 6) is 0.364. The number of aryl methyl sites for hydroxylation is 1. The molecule has 0 heterocycles. The summed E-state index contributed by atoms with van der Waals surface area (Å²) in [6.45, 7) is 2.95. The Labute approximate surface area is 182 Å². The number of carbonyl (C=O) groups excluding carboxylic acids is 1. The Kier molecular flexibility index (Phi) is 7.39. The molecule has 0 aliphatic heterocycles. The summed E-state index contributed by atoms with van der Waals surface area (Å²) in [5.41, 5.74) is 1.29. The molecule has 0 N–H and O–H groups in total. The number of rotatable bonds is 9. The fourth-order valence-corrected chi connectivity index (χ4v) is 5.11. The summed E-state index contributed by atoms with van der Waals surface area (Å²) >= 11 is 6.10. The van der Waals surface area contributed by atoms with Gasteiger partial charge in [0.1, 0.15) is 10.6 Å². The molecule has 0 saturated heterocycles. The Balaban J connectivity index is 1.78. The molecule has 1 aliphatic carbocycles. The highest BCUT2D eigenvalue weighted by molar-refractivity contribution is 7.87. The number of carbonyl (C=O) groups is 1. The molecule has 1 aliphatic rings. The van der Waals surface area contributed by atoms with Gasteiger partial charge in [0.25, 0.3) is 0 Å². The first kappa shape index (κ1) is 22.6. The second-order valence-electron chi connectivity index (χ2n) is 7.45. The van der Waals surface area contributed by atoms with Crippen LogP contribution in [0.4, 0.5) is 0 Å². The van der Waals surface area contributed by atoms with Crippen LogP contribution < -0.4 is 4.18 Å². The maximum atomic E-state index is 12.8. The van der Waals surface area contributed by atoms with Gasteiger partial charge in [-0.15, -0.1) is 0 Å². The monoisotopic (exact) mass is 451 g/mol. The van der Waals surface area contributed by atoms with E-state index < -0.39 is 10.1 Å². The van der Waals surface area contributed by atoms with Gasteiger partial charge in [0.05, 0.1) is 11.6 Å². The standard InChI is InChI=1S/C22H26ClNO5S/c1-16-6-3-11-20(23)21(16)30(26,27)29-19-10-4-7-17(14-19)15-24(12-13-28-2)22(25)18-8-5-9-18/h3-4,6-7,10-11,14,18H,5,8-9,12-13,15H2,1-2H3. The highest BCUT2D eigenvalue weighted by atomic mass is 35.5. The van der Waals surface area contributed by atoms with Crippen LogP contribution in [0.5, 0.6) is 5.75 Å². The number of nitrogens with zero attached hydrogens (tertiary/aromatic N) is 1. The van der Waals surface area contributed by atoms with Gasteiger partial charge in [-0.05, 0) is 49.1 Å². The highest BCUT2D eigenvalue weighted by Gasteiger charge is 2.29. The van der Waals surface area contributed by atoms with E-state index in [1.807, 2.05) is 6.07 Å². The molecule has 0 bridgehead atoms. The maximum Gasteiger partial charge on any atom is 0.340 e. The normalized spacial score (nSPS) is 14.2. The molecule has 2 aromatic rings. The fourth-order valence-electron chi connectivity index (χ4n) is 3.40. The minimum absolute atomic E-state index is 0.0426. The van der Waals surface area contributed by atoms with Crippen molar-refractivity contribution in [2.75, 3.05) is 20.3 Å². The second kappa shape index (κ2) is 9.81. The van der Waals surface area contributed by atoms with Gasteiger partial charge in [0, 0.05) is 26.1 Å². The molecule has 1 saturated carbocycles. The van der Waals surface area contributed by atoms with Crippen LogP contribution in [0, 0.1) is 12.8 Å². The van der Waals surface area contributed by atoms with E-state index in [1.165, 1.54) is 6.07 Å². The molecule has 6 nitrogen and oxygen atoms in total. The molecular weight excluding hydrogens is 426 g/mol. The largest absolute Gasteiger partial charge is 0.383 e. The van der Waals surface area contributed by atoms with Gasteiger partial charge in [-0.25, -0.2) is 0 Å². The fraction of sp³-hybridized carbons (Fsp3) is 0.409. The van der Waals surface area contributed by atoms with Gasteiger partial charge in [-0.1, -0.05) is 42.3 Å². The van der Waals surface area contributed by atoms with Crippen LogP contribution in [0.3, 0.4) is 0 Å². The van der Waals surface area contributed by atoms with Crippen LogP contribution >= 0.6 is 11.6 Å². The zero-order chi connectivity index (χ0) is 21.7. The van der Waals surface area contributed by atoms with Gasteiger partial charge in [-0.2, -0.15) is 8.42 Å². The van der Waals surface area contributed by atoms with Gasteiger partial charge < -0.3 is 13.8 Å². The van der Waals surface area contributed by atoms with E-state index in [1.54, 1.807) is 49.3 Å². The maximum absolute atomic E-state index is 12.8. The van der Waals surface area contributed by atoms with Crippen molar-refractivity contribution in [2.45, 2.75) is 37.6 Å². The third-order valence-electron chi connectivity index (χ3n) is 5.22. The van der Waals surface area contributed by atoms with Gasteiger partial charge >= 0.3 is 10.1 Å². The van der Waals surface area contributed by atoms with E-state index in [9.17, 15) is 13.2 Å². The van der Waals surface area contributed by atoms with Crippen LogP contribution in [0.25, 0.3) is 0 Å². The van der Waals surface area contributed by atoms with Crippen molar-refractivity contribution in [3.8, 4) is 5.75 Å². The lowest BCUT2D eigenvalue weighted by Gasteiger charge is -2.31. The predicted octanol–water partition coefficient (Wildman–Crippen LogP) is 4.19. The van der Waals surface area contributed by atoms with Gasteiger partial charge in [0.2, 0.25) is 5.91 Å². The summed E-state index contributed by atoms with van der Waals surface area (Å²) in [7, 11) is -2.49. The summed E-state index contributed by atoms with van der Waals surface area (Å²) in [5, 5.41) is 0.114. The van der Waals surface area contributed by atoms with Crippen molar-refractivity contribution in [1.82, 2.24) is 4.90 Å². The topological polar surface area (TPSA) is 72.9 Å². The van der Waals surface area contributed by atoms with Crippen LogP contribution in [0.1, 0.15) is 30.4 Å². The van der Waals surface area contributed by atoms with Gasteiger partial charge in [0.15, 0.2) is 0 Å². The molecule has 30 heavy (non-hydrogen) atoms. The molecule has 1 fully saturated rings. The molecule has 8 heteroatoms. The van der Waals surface area contributed by atoms with Crippen LogP contribution in [-0.4, -0.2) is 39.5 Å². The number of methoxy groups -OCH3 is 1. The number of benzene rings is 2. The predicted molar refractivity (Wildman–Crippen MR) is 115 cm³/mol.